The summed E-state index contributed by atoms with van der Waals surface area (Å²) in [5.74, 6) is -0.433. The van der Waals surface area contributed by atoms with Gasteiger partial charge in [0, 0.05) is 17.0 Å². The molecule has 0 aliphatic heterocycles. The first-order chi connectivity index (χ1) is 14.2. The van der Waals surface area contributed by atoms with E-state index in [4.69, 9.17) is 9.15 Å². The number of hydrogen-bond acceptors (Lipinski definition) is 4. The molecule has 0 saturated heterocycles. The molecule has 4 nitrogen and oxygen atoms in total. The maximum atomic E-state index is 12.6. The highest BCUT2D eigenvalue weighted by Gasteiger charge is 2.13. The standard InChI is InChI=1S/C25H16O4/c26-23-14-20(24-21-8-4-3-6-17(21)11-12-22(24)29-23)15-28-25(27)19-10-9-16-5-1-2-7-18(16)13-19/h1-14H,15H2. The first-order valence-electron chi connectivity index (χ1n) is 9.29. The van der Waals surface area contributed by atoms with Gasteiger partial charge in [-0.2, -0.15) is 0 Å². The molecule has 4 heteroatoms. The van der Waals surface area contributed by atoms with Crippen LogP contribution in [0.3, 0.4) is 0 Å². The summed E-state index contributed by atoms with van der Waals surface area (Å²) >= 11 is 0. The molecule has 0 saturated carbocycles. The zero-order valence-electron chi connectivity index (χ0n) is 15.4. The van der Waals surface area contributed by atoms with Gasteiger partial charge >= 0.3 is 11.6 Å². The zero-order valence-corrected chi connectivity index (χ0v) is 15.4. The number of ether oxygens (including phenoxy) is 1. The number of benzene rings is 4. The molecular formula is C25H16O4. The van der Waals surface area contributed by atoms with E-state index >= 15 is 0 Å². The highest BCUT2D eigenvalue weighted by molar-refractivity contribution is 6.07. The van der Waals surface area contributed by atoms with Crippen molar-refractivity contribution in [3.8, 4) is 0 Å². The Morgan fingerprint density at radius 1 is 0.793 bits per heavy atom. The van der Waals surface area contributed by atoms with Crippen LogP contribution in [0.25, 0.3) is 32.5 Å². The van der Waals surface area contributed by atoms with Crippen molar-refractivity contribution in [2.24, 2.45) is 0 Å². The van der Waals surface area contributed by atoms with Crippen molar-refractivity contribution >= 4 is 38.5 Å². The fourth-order valence-corrected chi connectivity index (χ4v) is 3.68. The van der Waals surface area contributed by atoms with E-state index in [-0.39, 0.29) is 6.61 Å². The summed E-state index contributed by atoms with van der Waals surface area (Å²) in [5, 5.41) is 4.79. The lowest BCUT2D eigenvalue weighted by Crippen LogP contribution is -2.08. The number of hydrogen-bond donors (Lipinski definition) is 0. The summed E-state index contributed by atoms with van der Waals surface area (Å²) in [5.41, 5.74) is 1.11. The van der Waals surface area contributed by atoms with Crippen LogP contribution in [-0.2, 0) is 11.3 Å². The quantitative estimate of drug-likeness (QED) is 0.237. The third-order valence-electron chi connectivity index (χ3n) is 5.06. The molecular weight excluding hydrogens is 364 g/mol. The summed E-state index contributed by atoms with van der Waals surface area (Å²) in [7, 11) is 0. The van der Waals surface area contributed by atoms with E-state index in [0.29, 0.717) is 16.7 Å². The Hall–Kier alpha value is -3.92. The Morgan fingerprint density at radius 2 is 1.52 bits per heavy atom. The van der Waals surface area contributed by atoms with Crippen molar-refractivity contribution in [2.45, 2.75) is 6.61 Å². The first-order valence-corrected chi connectivity index (χ1v) is 9.29. The predicted octanol–water partition coefficient (Wildman–Crippen LogP) is 5.46. The molecule has 0 aliphatic rings. The average Bonchev–Trinajstić information content (AvgIpc) is 2.76. The van der Waals surface area contributed by atoms with E-state index in [2.05, 4.69) is 0 Å². The second-order valence-electron chi connectivity index (χ2n) is 6.89. The molecule has 5 aromatic rings. The maximum absolute atomic E-state index is 12.6. The van der Waals surface area contributed by atoms with Gasteiger partial charge in [0.25, 0.3) is 0 Å². The van der Waals surface area contributed by atoms with Gasteiger partial charge in [0.1, 0.15) is 12.2 Å². The molecule has 0 atom stereocenters. The smallest absolute Gasteiger partial charge is 0.338 e. The molecule has 0 fully saturated rings. The van der Waals surface area contributed by atoms with Crippen molar-refractivity contribution in [1.29, 1.82) is 0 Å². The minimum absolute atomic E-state index is 0.0121. The SMILES string of the molecule is O=C(OCc1cc(=O)oc2ccc3ccccc3c12)c1ccc2ccccc2c1. The molecule has 0 amide bonds. The Balaban J connectivity index is 1.52. The predicted molar refractivity (Wildman–Crippen MR) is 113 cm³/mol. The van der Waals surface area contributed by atoms with Crippen molar-refractivity contribution < 1.29 is 13.9 Å². The lowest BCUT2D eigenvalue weighted by atomic mass is 10.0. The fraction of sp³-hybridized carbons (Fsp3) is 0.0400. The van der Waals surface area contributed by atoms with Crippen LogP contribution >= 0.6 is 0 Å². The molecule has 1 heterocycles. The number of carbonyl (C=O) groups excluding carboxylic acids is 1. The van der Waals surface area contributed by atoms with Crippen LogP contribution in [-0.4, -0.2) is 5.97 Å². The lowest BCUT2D eigenvalue weighted by molar-refractivity contribution is 0.0474. The normalized spacial score (nSPS) is 11.2. The van der Waals surface area contributed by atoms with Gasteiger partial charge < -0.3 is 9.15 Å². The van der Waals surface area contributed by atoms with Gasteiger partial charge in [-0.05, 0) is 39.7 Å². The van der Waals surface area contributed by atoms with Crippen LogP contribution in [0.15, 0.2) is 94.1 Å². The van der Waals surface area contributed by atoms with Crippen molar-refractivity contribution in [1.82, 2.24) is 0 Å². The zero-order chi connectivity index (χ0) is 19.8. The van der Waals surface area contributed by atoms with Crippen molar-refractivity contribution in [3.63, 3.8) is 0 Å². The lowest BCUT2D eigenvalue weighted by Gasteiger charge is -2.10. The highest BCUT2D eigenvalue weighted by Crippen LogP contribution is 2.28. The average molecular weight is 380 g/mol. The van der Waals surface area contributed by atoms with Gasteiger partial charge in [-0.25, -0.2) is 9.59 Å². The number of rotatable bonds is 3. The minimum Gasteiger partial charge on any atom is -0.457 e. The van der Waals surface area contributed by atoms with E-state index in [0.717, 1.165) is 26.9 Å². The van der Waals surface area contributed by atoms with Gasteiger partial charge in [0.15, 0.2) is 0 Å². The third-order valence-corrected chi connectivity index (χ3v) is 5.06. The number of carbonyl (C=O) groups is 1. The topological polar surface area (TPSA) is 56.5 Å². The van der Waals surface area contributed by atoms with Gasteiger partial charge in [0.05, 0.1) is 5.56 Å². The van der Waals surface area contributed by atoms with E-state index in [9.17, 15) is 9.59 Å². The summed E-state index contributed by atoms with van der Waals surface area (Å²) in [6, 6.07) is 26.2. The van der Waals surface area contributed by atoms with Crippen LogP contribution < -0.4 is 5.63 Å². The summed E-state index contributed by atoms with van der Waals surface area (Å²) in [4.78, 5) is 24.6. The van der Waals surface area contributed by atoms with Crippen LogP contribution in [0.4, 0.5) is 0 Å². The van der Waals surface area contributed by atoms with Crippen molar-refractivity contribution in [2.75, 3.05) is 0 Å². The Labute approximate surface area is 166 Å². The maximum Gasteiger partial charge on any atom is 0.338 e. The summed E-state index contributed by atoms with van der Waals surface area (Å²) < 4.78 is 10.9. The third kappa shape index (κ3) is 3.15. The van der Waals surface area contributed by atoms with E-state index in [1.54, 1.807) is 12.1 Å². The van der Waals surface area contributed by atoms with E-state index < -0.39 is 11.6 Å². The van der Waals surface area contributed by atoms with Crippen LogP contribution in [0, 0.1) is 0 Å². The Morgan fingerprint density at radius 3 is 2.38 bits per heavy atom. The van der Waals surface area contributed by atoms with Crippen LogP contribution in [0.1, 0.15) is 15.9 Å². The Kier molecular flexibility index (Phi) is 4.10. The molecule has 0 spiro atoms. The van der Waals surface area contributed by atoms with Gasteiger partial charge in [-0.15, -0.1) is 0 Å². The molecule has 140 valence electrons. The second-order valence-corrected chi connectivity index (χ2v) is 6.89. The Bertz CT molecular complexity index is 1450. The molecule has 0 unspecified atom stereocenters. The summed E-state index contributed by atoms with van der Waals surface area (Å²) in [6.45, 7) is -0.0121. The number of fused-ring (bicyclic) bond motifs is 4. The molecule has 0 radical (unpaired) electrons. The highest BCUT2D eigenvalue weighted by atomic mass is 16.5. The minimum atomic E-state index is -0.468. The van der Waals surface area contributed by atoms with Crippen LogP contribution in [0.5, 0.6) is 0 Å². The molecule has 1 aromatic heterocycles. The molecule has 0 N–H and O–H groups in total. The van der Waals surface area contributed by atoms with Crippen LogP contribution in [0.2, 0.25) is 0 Å². The van der Waals surface area contributed by atoms with E-state index in [1.165, 1.54) is 6.07 Å². The van der Waals surface area contributed by atoms with Gasteiger partial charge in [0.2, 0.25) is 0 Å². The molecule has 5 rings (SSSR count). The van der Waals surface area contributed by atoms with Gasteiger partial charge in [-0.1, -0.05) is 60.7 Å². The van der Waals surface area contributed by atoms with Crippen molar-refractivity contribution in [3.05, 3.63) is 106 Å². The van der Waals surface area contributed by atoms with E-state index in [1.807, 2.05) is 66.7 Å². The molecule has 0 aliphatic carbocycles. The first kappa shape index (κ1) is 17.2. The molecule has 29 heavy (non-hydrogen) atoms. The molecule has 4 aromatic carbocycles. The number of esters is 1. The largest absolute Gasteiger partial charge is 0.457 e. The monoisotopic (exact) mass is 380 g/mol. The fourth-order valence-electron chi connectivity index (χ4n) is 3.68. The summed E-state index contributed by atoms with van der Waals surface area (Å²) in [6.07, 6.45) is 0. The molecule has 0 bridgehead atoms. The second kappa shape index (κ2) is 6.91. The van der Waals surface area contributed by atoms with Gasteiger partial charge in [-0.3, -0.25) is 0 Å².